The number of hydrogen-bond donors (Lipinski definition) is 2. The van der Waals surface area contributed by atoms with Crippen molar-refractivity contribution in [3.63, 3.8) is 0 Å². The number of fused-ring (bicyclic) bond motifs is 2. The number of anilines is 1. The fourth-order valence-corrected chi connectivity index (χ4v) is 4.12. The maximum atomic E-state index is 5.03. The first-order valence-electron chi connectivity index (χ1n) is 9.24. The summed E-state index contributed by atoms with van der Waals surface area (Å²) in [6.07, 6.45) is 1.53. The van der Waals surface area contributed by atoms with Gasteiger partial charge in [0.2, 0.25) is 0 Å². The van der Waals surface area contributed by atoms with Gasteiger partial charge in [-0.1, -0.05) is 56.0 Å². The summed E-state index contributed by atoms with van der Waals surface area (Å²) in [5, 5.41) is 12.7. The predicted molar refractivity (Wildman–Crippen MR) is 130 cm³/mol. The lowest BCUT2D eigenvalue weighted by Crippen LogP contribution is -2.05. The quantitative estimate of drug-likeness (QED) is 0.303. The number of aromatic amines is 1. The van der Waals surface area contributed by atoms with E-state index in [9.17, 15) is 0 Å². The van der Waals surface area contributed by atoms with Crippen LogP contribution in [-0.4, -0.2) is 25.1 Å². The van der Waals surface area contributed by atoms with Gasteiger partial charge in [-0.25, -0.2) is 15.0 Å². The Bertz CT molecular complexity index is 1330. The third-order valence-electron chi connectivity index (χ3n) is 4.93. The van der Waals surface area contributed by atoms with Gasteiger partial charge in [0.15, 0.2) is 5.65 Å². The van der Waals surface area contributed by atoms with E-state index in [1.54, 1.807) is 0 Å². The lowest BCUT2D eigenvalue weighted by molar-refractivity contribution is 1.07. The highest BCUT2D eigenvalue weighted by atomic mass is 127. The number of aryl methyl sites for hydroxylation is 1. The Kier molecular flexibility index (Phi) is 5.63. The Hall–Kier alpha value is -3.07. The second-order valence-electron chi connectivity index (χ2n) is 6.82. The predicted octanol–water partition coefficient (Wildman–Crippen LogP) is 5.73. The summed E-state index contributed by atoms with van der Waals surface area (Å²) in [5.74, 6) is 0.761. The second-order valence-corrected chi connectivity index (χ2v) is 7.90. The van der Waals surface area contributed by atoms with Gasteiger partial charge in [-0.15, -0.1) is 0 Å². The number of nitrogens with one attached hydrogen (secondary N) is 2. The summed E-state index contributed by atoms with van der Waals surface area (Å²) in [6.45, 7) is 2.69. The van der Waals surface area contributed by atoms with Crippen molar-refractivity contribution in [3.05, 3.63) is 75.8 Å². The van der Waals surface area contributed by atoms with Gasteiger partial charge >= 0.3 is 0 Å². The van der Waals surface area contributed by atoms with Crippen LogP contribution in [-0.2, 0) is 6.54 Å². The number of para-hydroxylation sites is 1. The largest absolute Gasteiger partial charge is 0.365 e. The van der Waals surface area contributed by atoms with Crippen molar-refractivity contribution in [1.82, 2.24) is 25.1 Å². The van der Waals surface area contributed by atoms with Gasteiger partial charge in [-0.2, -0.15) is 5.10 Å². The zero-order valence-electron chi connectivity index (χ0n) is 15.6. The van der Waals surface area contributed by atoms with Crippen LogP contribution in [0.3, 0.4) is 0 Å². The van der Waals surface area contributed by atoms with E-state index in [4.69, 9.17) is 4.98 Å². The highest BCUT2D eigenvalue weighted by Crippen LogP contribution is 2.29. The summed E-state index contributed by atoms with van der Waals surface area (Å²) >= 11 is 2.21. The van der Waals surface area contributed by atoms with Crippen molar-refractivity contribution >= 4 is 50.3 Å². The van der Waals surface area contributed by atoms with Crippen LogP contribution in [0.2, 0.25) is 0 Å². The lowest BCUT2D eigenvalue weighted by atomic mass is 10.0. The molecule has 0 amide bonds. The molecule has 5 rings (SSSR count). The molecule has 0 atom stereocenters. The molecule has 0 aliphatic rings. The highest BCUT2D eigenvalue weighted by Gasteiger charge is 2.14. The maximum Gasteiger partial charge on any atom is 0.187 e. The number of nitrogens with zero attached hydrogens (tertiary/aromatic N) is 4. The molecule has 6 nitrogen and oxygen atoms in total. The van der Waals surface area contributed by atoms with E-state index in [1.165, 1.54) is 11.9 Å². The molecule has 5 aromatic rings. The van der Waals surface area contributed by atoms with E-state index < -0.39 is 0 Å². The van der Waals surface area contributed by atoms with Crippen LogP contribution in [0, 0.1) is 10.6 Å². The Morgan fingerprint density at radius 3 is 2.70 bits per heavy atom. The lowest BCUT2D eigenvalue weighted by Gasteiger charge is -2.14. The van der Waals surface area contributed by atoms with E-state index in [0.29, 0.717) is 12.2 Å². The number of benzene rings is 2. The second kappa shape index (κ2) is 8.35. The molecule has 0 unspecified atom stereocenters. The van der Waals surface area contributed by atoms with Gasteiger partial charge in [0.25, 0.3) is 0 Å². The summed E-state index contributed by atoms with van der Waals surface area (Å²) < 4.78 is 0.913. The Morgan fingerprint density at radius 1 is 1.03 bits per heavy atom. The molecule has 0 saturated heterocycles. The third kappa shape index (κ3) is 3.60. The molecule has 3 heterocycles. The van der Waals surface area contributed by atoms with Gasteiger partial charge in [0.05, 0.1) is 16.6 Å². The molecule has 0 bridgehead atoms. The average molecular weight is 508 g/mol. The summed E-state index contributed by atoms with van der Waals surface area (Å²) in [6, 6.07) is 18.8. The van der Waals surface area contributed by atoms with Crippen LogP contribution >= 0.6 is 22.6 Å². The molecule has 150 valence electrons. The fraction of sp³-hybridized carbons (Fsp3) is 0.130. The first-order valence-corrected chi connectivity index (χ1v) is 10.3. The molecular formula is C23H21IN6. The van der Waals surface area contributed by atoms with E-state index >= 15 is 0 Å². The Morgan fingerprint density at radius 2 is 1.87 bits per heavy atom. The summed E-state index contributed by atoms with van der Waals surface area (Å²) in [4.78, 5) is 13.7. The number of hydrogen-bond acceptors (Lipinski definition) is 5. The first-order chi connectivity index (χ1) is 14.2. The van der Waals surface area contributed by atoms with Crippen molar-refractivity contribution in [2.45, 2.75) is 20.9 Å². The van der Waals surface area contributed by atoms with Gasteiger partial charge in [-0.3, -0.25) is 5.10 Å². The molecule has 7 heteroatoms. The van der Waals surface area contributed by atoms with Crippen LogP contribution in [0.5, 0.6) is 0 Å². The maximum absolute atomic E-state index is 5.03. The highest BCUT2D eigenvalue weighted by molar-refractivity contribution is 14.1. The monoisotopic (exact) mass is 508 g/mol. The molecular weight excluding hydrogens is 487 g/mol. The minimum Gasteiger partial charge on any atom is -0.365 e. The number of halogens is 1. The molecule has 0 fully saturated rings. The number of pyridine rings is 1. The van der Waals surface area contributed by atoms with Crippen LogP contribution in [0.4, 0.5) is 5.82 Å². The molecule has 2 aromatic carbocycles. The number of aromatic nitrogens is 5. The normalized spacial score (nSPS) is 10.9. The summed E-state index contributed by atoms with van der Waals surface area (Å²) in [7, 11) is 0. The molecule has 0 aliphatic heterocycles. The van der Waals surface area contributed by atoms with E-state index in [2.05, 4.69) is 91.4 Å². The van der Waals surface area contributed by atoms with Crippen molar-refractivity contribution < 1.29 is 0 Å². The van der Waals surface area contributed by atoms with Gasteiger partial charge in [0, 0.05) is 17.5 Å². The first kappa shape index (κ1) is 20.2. The van der Waals surface area contributed by atoms with Gasteiger partial charge in [-0.05, 0) is 46.7 Å². The smallest absolute Gasteiger partial charge is 0.187 e. The van der Waals surface area contributed by atoms with Crippen molar-refractivity contribution in [2.75, 3.05) is 5.32 Å². The van der Waals surface area contributed by atoms with Gasteiger partial charge < -0.3 is 5.32 Å². The molecule has 2 N–H and O–H groups in total. The SMILES string of the molecule is C.Cc1cccc2cc(CNc3ncnc4n[nH]c(I)c34)c(-c3ccccc3)nc12. The molecule has 0 spiro atoms. The third-order valence-corrected chi connectivity index (χ3v) is 5.71. The zero-order chi connectivity index (χ0) is 19.8. The van der Waals surface area contributed by atoms with E-state index in [1.807, 2.05) is 18.2 Å². The van der Waals surface area contributed by atoms with Crippen molar-refractivity contribution in [3.8, 4) is 11.3 Å². The fourth-order valence-electron chi connectivity index (χ4n) is 3.51. The molecule has 30 heavy (non-hydrogen) atoms. The molecule has 3 aromatic heterocycles. The van der Waals surface area contributed by atoms with Gasteiger partial charge in [0.1, 0.15) is 15.8 Å². The van der Waals surface area contributed by atoms with Crippen LogP contribution in [0.1, 0.15) is 18.6 Å². The standard InChI is InChI=1S/C22H17IN6.CH4/c1-13-6-5-9-15-10-16(19(27-18(13)15)14-7-3-2-4-8-14)11-24-21-17-20(23)28-29-22(17)26-12-25-21;/h2-10,12H,11H2,1H3,(H2,24,25,26,28,29);1H4. The van der Waals surface area contributed by atoms with E-state index in [-0.39, 0.29) is 7.43 Å². The zero-order valence-corrected chi connectivity index (χ0v) is 17.8. The minimum atomic E-state index is 0. The van der Waals surface area contributed by atoms with Crippen molar-refractivity contribution in [1.29, 1.82) is 0 Å². The molecule has 0 saturated carbocycles. The average Bonchev–Trinajstić information content (AvgIpc) is 3.14. The molecule has 0 aliphatic carbocycles. The topological polar surface area (TPSA) is 79.4 Å². The molecule has 0 radical (unpaired) electrons. The summed E-state index contributed by atoms with van der Waals surface area (Å²) in [5.41, 5.74) is 6.04. The van der Waals surface area contributed by atoms with Crippen LogP contribution < -0.4 is 5.32 Å². The Balaban J connectivity index is 0.00000218. The van der Waals surface area contributed by atoms with Crippen molar-refractivity contribution in [2.24, 2.45) is 0 Å². The minimum absolute atomic E-state index is 0. The Labute approximate surface area is 188 Å². The number of H-pyrrole nitrogens is 1. The van der Waals surface area contributed by atoms with Crippen LogP contribution in [0.25, 0.3) is 33.2 Å². The van der Waals surface area contributed by atoms with Crippen LogP contribution in [0.15, 0.2) is 60.9 Å². The van der Waals surface area contributed by atoms with E-state index in [0.717, 1.165) is 42.6 Å². The number of rotatable bonds is 4.